The predicted molar refractivity (Wildman–Crippen MR) is 161 cm³/mol. The molecule has 2 saturated heterocycles. The second-order valence-electron chi connectivity index (χ2n) is 12.3. The van der Waals surface area contributed by atoms with Gasteiger partial charge in [-0.15, -0.1) is 0 Å². The molecule has 4 rings (SSSR count). The van der Waals surface area contributed by atoms with Crippen LogP contribution in [0.25, 0.3) is 0 Å². The number of morpholine rings is 1. The molecule has 3 aliphatic rings. The number of ether oxygens (including phenoxy) is 3. The van der Waals surface area contributed by atoms with Gasteiger partial charge in [-0.1, -0.05) is 17.7 Å². The fraction of sp³-hybridized carbons (Fsp3) is 0.636. The number of aliphatic hydroxyl groups is 1. The quantitative estimate of drug-likeness (QED) is 0.176. The van der Waals surface area contributed by atoms with Crippen LogP contribution in [0.1, 0.15) is 57.4 Å². The van der Waals surface area contributed by atoms with Crippen molar-refractivity contribution in [2.45, 2.75) is 69.9 Å². The van der Waals surface area contributed by atoms with Crippen molar-refractivity contribution in [3.63, 3.8) is 0 Å². The van der Waals surface area contributed by atoms with Gasteiger partial charge in [0.15, 0.2) is 23.1 Å². The number of amides is 1. The average molecular weight is 615 g/mol. The van der Waals surface area contributed by atoms with E-state index in [0.29, 0.717) is 44.9 Å². The Hall–Kier alpha value is -3.12. The first-order chi connectivity index (χ1) is 21.1. The number of phenols is 1. The lowest BCUT2D eigenvalue weighted by Gasteiger charge is -2.27. The molecular formula is C33H46N2O9. The number of aliphatic hydroxyl groups excluding tert-OH is 1. The molecule has 2 heterocycles. The Morgan fingerprint density at radius 2 is 1.84 bits per heavy atom. The third-order valence-electron chi connectivity index (χ3n) is 8.77. The summed E-state index contributed by atoms with van der Waals surface area (Å²) >= 11 is 0. The normalized spacial score (nSPS) is 22.3. The number of Topliss-reactive ketones (excluding diaryl/α,β-unsaturated/α-hetero) is 3. The summed E-state index contributed by atoms with van der Waals surface area (Å²) in [5.74, 6) is -2.75. The van der Waals surface area contributed by atoms with Gasteiger partial charge in [-0.2, -0.15) is 0 Å². The van der Waals surface area contributed by atoms with Crippen LogP contribution in [-0.2, 0) is 35.1 Å². The number of methoxy groups -OCH3 is 1. The van der Waals surface area contributed by atoms with Gasteiger partial charge in [-0.05, 0) is 63.1 Å². The molecule has 0 aromatic heterocycles. The van der Waals surface area contributed by atoms with E-state index in [0.717, 1.165) is 31.3 Å². The molecule has 1 aromatic carbocycles. The average Bonchev–Trinajstić information content (AvgIpc) is 3.78. The third kappa shape index (κ3) is 9.44. The summed E-state index contributed by atoms with van der Waals surface area (Å²) in [7, 11) is 1.43. The van der Waals surface area contributed by atoms with Gasteiger partial charge in [0.1, 0.15) is 11.4 Å². The van der Waals surface area contributed by atoms with Crippen LogP contribution in [0.15, 0.2) is 29.8 Å². The molecule has 1 aliphatic carbocycles. The molecule has 2 fully saturated rings. The first kappa shape index (κ1) is 33.8. The smallest absolute Gasteiger partial charge is 0.226 e. The van der Waals surface area contributed by atoms with Gasteiger partial charge in [0.2, 0.25) is 5.91 Å². The molecule has 2 aliphatic heterocycles. The maximum absolute atomic E-state index is 13.9. The highest BCUT2D eigenvalue weighted by molar-refractivity contribution is 5.97. The number of epoxide rings is 1. The SMILES string of the molecule is COc1ccc(C[C@H](NC(=O)[C@H](CO)CC(=O)CN2CCOCC2)C(=O)C[C@@H](CC2=CCCCC2)C(=O)[C@@]2(C)CO2)cc1O. The largest absolute Gasteiger partial charge is 0.504 e. The van der Waals surface area contributed by atoms with Gasteiger partial charge in [-0.25, -0.2) is 0 Å². The lowest BCUT2D eigenvalue weighted by Crippen LogP contribution is -2.47. The van der Waals surface area contributed by atoms with E-state index >= 15 is 0 Å². The van der Waals surface area contributed by atoms with E-state index in [2.05, 4.69) is 11.4 Å². The van der Waals surface area contributed by atoms with Crippen molar-refractivity contribution in [2.24, 2.45) is 11.8 Å². The molecule has 11 heteroatoms. The van der Waals surface area contributed by atoms with Crippen LogP contribution in [0.3, 0.4) is 0 Å². The van der Waals surface area contributed by atoms with Crippen molar-refractivity contribution in [1.82, 2.24) is 10.2 Å². The summed E-state index contributed by atoms with van der Waals surface area (Å²) in [5, 5.41) is 23.1. The summed E-state index contributed by atoms with van der Waals surface area (Å²) in [6, 6.07) is 3.67. The molecule has 11 nitrogen and oxygen atoms in total. The van der Waals surface area contributed by atoms with Crippen LogP contribution in [0.4, 0.5) is 0 Å². The molecule has 0 saturated carbocycles. The first-order valence-corrected chi connectivity index (χ1v) is 15.6. The van der Waals surface area contributed by atoms with Crippen LogP contribution < -0.4 is 10.1 Å². The van der Waals surface area contributed by atoms with Crippen LogP contribution in [0.5, 0.6) is 11.5 Å². The number of benzene rings is 1. The topological polar surface area (TPSA) is 155 Å². The first-order valence-electron chi connectivity index (χ1n) is 15.6. The fourth-order valence-electron chi connectivity index (χ4n) is 5.95. The van der Waals surface area contributed by atoms with Gasteiger partial charge in [0.05, 0.1) is 52.0 Å². The van der Waals surface area contributed by atoms with E-state index in [1.807, 2.05) is 4.90 Å². The second-order valence-corrected chi connectivity index (χ2v) is 12.3. The van der Waals surface area contributed by atoms with Gasteiger partial charge in [0, 0.05) is 31.8 Å². The van der Waals surface area contributed by atoms with E-state index in [1.165, 1.54) is 13.2 Å². The van der Waals surface area contributed by atoms with E-state index in [-0.39, 0.29) is 54.7 Å². The standard InChI is InChI=1S/C33H46N2O9/c1-33(21-44-33)31(40)24(14-22-6-4-3-5-7-22)18-28(38)27(15-23-8-9-30(42-2)29(39)16-23)34-32(41)25(20-36)17-26(37)19-35-10-12-43-13-11-35/h6,8-9,16,24-25,27,36,39H,3-5,7,10-15,17-21H2,1-2H3,(H,34,41)/t24-,25+,27+,33-/m1/s1. The van der Waals surface area contributed by atoms with Crippen LogP contribution >= 0.6 is 0 Å². The number of hydrogen-bond donors (Lipinski definition) is 3. The molecular weight excluding hydrogens is 568 g/mol. The van der Waals surface area contributed by atoms with Crippen molar-refractivity contribution >= 4 is 23.3 Å². The molecule has 0 bridgehead atoms. The van der Waals surface area contributed by atoms with Crippen molar-refractivity contribution in [3.05, 3.63) is 35.4 Å². The minimum absolute atomic E-state index is 0.0410. The maximum atomic E-state index is 13.9. The van der Waals surface area contributed by atoms with Crippen LogP contribution in [0, 0.1) is 11.8 Å². The third-order valence-corrected chi connectivity index (χ3v) is 8.77. The second kappa shape index (κ2) is 15.7. The zero-order valence-electron chi connectivity index (χ0n) is 25.8. The zero-order valence-corrected chi connectivity index (χ0v) is 25.8. The maximum Gasteiger partial charge on any atom is 0.226 e. The van der Waals surface area contributed by atoms with Gasteiger partial charge >= 0.3 is 0 Å². The van der Waals surface area contributed by atoms with Crippen molar-refractivity contribution < 1.29 is 43.6 Å². The number of nitrogens with one attached hydrogen (secondary N) is 1. The Bertz CT molecular complexity index is 1220. The number of nitrogens with zero attached hydrogens (tertiary/aromatic N) is 1. The summed E-state index contributed by atoms with van der Waals surface area (Å²) in [6.45, 7) is 3.96. The van der Waals surface area contributed by atoms with E-state index in [1.54, 1.807) is 19.1 Å². The Labute approximate surface area is 258 Å². The van der Waals surface area contributed by atoms with Gasteiger partial charge in [0.25, 0.3) is 0 Å². The Morgan fingerprint density at radius 3 is 2.45 bits per heavy atom. The van der Waals surface area contributed by atoms with E-state index < -0.39 is 36.0 Å². The molecule has 242 valence electrons. The van der Waals surface area contributed by atoms with E-state index in [9.17, 15) is 29.4 Å². The van der Waals surface area contributed by atoms with Crippen molar-refractivity contribution in [2.75, 3.05) is 53.2 Å². The number of phenolic OH excluding ortho intramolecular Hbond substituents is 1. The van der Waals surface area contributed by atoms with E-state index in [4.69, 9.17) is 14.2 Å². The lowest BCUT2D eigenvalue weighted by atomic mass is 9.81. The molecule has 0 radical (unpaired) electrons. The van der Waals surface area contributed by atoms with Gasteiger partial charge in [-0.3, -0.25) is 24.1 Å². The highest BCUT2D eigenvalue weighted by atomic mass is 16.6. The summed E-state index contributed by atoms with van der Waals surface area (Å²) in [6.07, 6.45) is 6.37. The molecule has 0 unspecified atom stereocenters. The highest BCUT2D eigenvalue weighted by Crippen LogP contribution is 2.35. The Morgan fingerprint density at radius 1 is 1.09 bits per heavy atom. The molecule has 3 N–H and O–H groups in total. The predicted octanol–water partition coefficient (Wildman–Crippen LogP) is 2.15. The molecule has 4 atom stereocenters. The fourth-order valence-corrected chi connectivity index (χ4v) is 5.95. The summed E-state index contributed by atoms with van der Waals surface area (Å²) in [4.78, 5) is 55.5. The minimum Gasteiger partial charge on any atom is -0.504 e. The Balaban J connectivity index is 1.50. The zero-order chi connectivity index (χ0) is 31.7. The summed E-state index contributed by atoms with van der Waals surface area (Å²) < 4.78 is 15.9. The summed E-state index contributed by atoms with van der Waals surface area (Å²) in [5.41, 5.74) is 0.830. The lowest BCUT2D eigenvalue weighted by molar-refractivity contribution is -0.135. The minimum atomic E-state index is -1.05. The number of ketones is 3. The monoisotopic (exact) mass is 614 g/mol. The van der Waals surface area contributed by atoms with Crippen LogP contribution in [-0.4, -0.2) is 103 Å². The molecule has 1 aromatic rings. The molecule has 1 amide bonds. The van der Waals surface area contributed by atoms with Crippen molar-refractivity contribution in [1.29, 1.82) is 0 Å². The highest BCUT2D eigenvalue weighted by Gasteiger charge is 2.50. The number of aromatic hydroxyl groups is 1. The Kier molecular flexibility index (Phi) is 12.1. The van der Waals surface area contributed by atoms with Gasteiger partial charge < -0.3 is 29.7 Å². The number of hydrogen-bond acceptors (Lipinski definition) is 10. The number of carbonyl (C=O) groups is 4. The number of rotatable bonds is 17. The number of carbonyl (C=O) groups excluding carboxylic acids is 4. The van der Waals surface area contributed by atoms with Crippen molar-refractivity contribution in [3.8, 4) is 11.5 Å². The number of allylic oxidation sites excluding steroid dienone is 2. The molecule has 44 heavy (non-hydrogen) atoms. The molecule has 0 spiro atoms. The van der Waals surface area contributed by atoms with Crippen LogP contribution in [0.2, 0.25) is 0 Å².